The maximum Gasteiger partial charge on any atom is 0.0724 e. The Bertz CT molecular complexity index is 3740. The molecule has 0 atom stereocenters. The highest BCUT2D eigenvalue weighted by Crippen LogP contribution is 2.53. The van der Waals surface area contributed by atoms with E-state index in [-0.39, 0.29) is 5.41 Å². The van der Waals surface area contributed by atoms with Gasteiger partial charge in [-0.25, -0.2) is 0 Å². The van der Waals surface area contributed by atoms with E-state index in [4.69, 9.17) is 4.98 Å². The Morgan fingerprint density at radius 3 is 1.49 bits per heavy atom. The topological polar surface area (TPSA) is 22.8 Å². The fourth-order valence-corrected chi connectivity index (χ4v) is 10.5. The number of fused-ring (bicyclic) bond motifs is 15. The lowest BCUT2D eigenvalue weighted by atomic mass is 9.81. The number of aromatic nitrogens is 3. The van der Waals surface area contributed by atoms with Crippen LogP contribution in [0.4, 0.5) is 0 Å². The molecular weight excluding hydrogens is 715 g/mol. The fraction of sp³-hybridized carbons (Fsp3) is 0.0536. The lowest BCUT2D eigenvalue weighted by Crippen LogP contribution is -2.15. The van der Waals surface area contributed by atoms with E-state index < -0.39 is 0 Å². The van der Waals surface area contributed by atoms with E-state index >= 15 is 0 Å². The summed E-state index contributed by atoms with van der Waals surface area (Å²) >= 11 is 0. The van der Waals surface area contributed by atoms with Crippen LogP contribution in [0.15, 0.2) is 188 Å². The van der Waals surface area contributed by atoms with Crippen molar-refractivity contribution in [3.63, 3.8) is 0 Å². The van der Waals surface area contributed by atoms with Crippen molar-refractivity contribution in [1.82, 2.24) is 14.1 Å². The van der Waals surface area contributed by atoms with Crippen molar-refractivity contribution in [1.29, 1.82) is 0 Å². The highest BCUT2D eigenvalue weighted by Gasteiger charge is 2.37. The minimum absolute atomic E-state index is 0.196. The van der Waals surface area contributed by atoms with Gasteiger partial charge in [0.25, 0.3) is 0 Å². The van der Waals surface area contributed by atoms with Crippen molar-refractivity contribution >= 4 is 75.9 Å². The van der Waals surface area contributed by atoms with Crippen LogP contribution in [0, 0.1) is 0 Å². The molecule has 0 saturated heterocycles. The summed E-state index contributed by atoms with van der Waals surface area (Å²) in [7, 11) is 0. The average molecular weight is 752 g/mol. The molecule has 0 saturated carbocycles. The van der Waals surface area contributed by atoms with Crippen molar-refractivity contribution in [2.24, 2.45) is 0 Å². The van der Waals surface area contributed by atoms with E-state index in [9.17, 15) is 0 Å². The lowest BCUT2D eigenvalue weighted by molar-refractivity contribution is 0.662. The molecule has 0 amide bonds. The third-order valence-electron chi connectivity index (χ3n) is 13.3. The normalized spacial score (nSPS) is 13.4. The van der Waals surface area contributed by atoms with Crippen LogP contribution in [0.3, 0.4) is 0 Å². The first-order valence-corrected chi connectivity index (χ1v) is 20.5. The zero-order valence-electron chi connectivity index (χ0n) is 32.7. The Balaban J connectivity index is 1.06. The lowest BCUT2D eigenvalue weighted by Gasteiger charge is -2.22. The Labute approximate surface area is 341 Å². The Morgan fingerprint density at radius 1 is 0.356 bits per heavy atom. The number of para-hydroxylation sites is 3. The predicted molar refractivity (Wildman–Crippen MR) is 248 cm³/mol. The summed E-state index contributed by atoms with van der Waals surface area (Å²) in [4.78, 5) is 5.16. The van der Waals surface area contributed by atoms with E-state index in [1.54, 1.807) is 0 Å². The molecule has 1 aliphatic carbocycles. The molecule has 3 heteroatoms. The van der Waals surface area contributed by atoms with E-state index in [0.717, 1.165) is 28.1 Å². The third kappa shape index (κ3) is 4.45. The molecule has 9 aromatic carbocycles. The molecule has 12 aromatic rings. The van der Waals surface area contributed by atoms with E-state index in [2.05, 4.69) is 211 Å². The second-order valence-corrected chi connectivity index (χ2v) is 16.8. The van der Waals surface area contributed by atoms with Gasteiger partial charge in [0.15, 0.2) is 0 Å². The largest absolute Gasteiger partial charge is 0.309 e. The molecule has 13 rings (SSSR count). The first-order chi connectivity index (χ1) is 29.0. The van der Waals surface area contributed by atoms with Crippen LogP contribution in [-0.4, -0.2) is 14.1 Å². The van der Waals surface area contributed by atoms with Gasteiger partial charge in [-0.1, -0.05) is 123 Å². The summed E-state index contributed by atoms with van der Waals surface area (Å²) in [5.74, 6) is 0. The van der Waals surface area contributed by atoms with Crippen LogP contribution in [0.5, 0.6) is 0 Å². The fourth-order valence-electron chi connectivity index (χ4n) is 10.5. The molecule has 0 N–H and O–H groups in total. The summed E-state index contributed by atoms with van der Waals surface area (Å²) in [6.07, 6.45) is 2.05. The van der Waals surface area contributed by atoms with Crippen molar-refractivity contribution in [2.45, 2.75) is 19.3 Å². The molecule has 276 valence electrons. The van der Waals surface area contributed by atoms with Crippen LogP contribution in [-0.2, 0) is 5.41 Å². The zero-order chi connectivity index (χ0) is 39.0. The number of rotatable bonds is 3. The second-order valence-electron chi connectivity index (χ2n) is 16.8. The first-order valence-electron chi connectivity index (χ1n) is 20.5. The van der Waals surface area contributed by atoms with Gasteiger partial charge in [0.2, 0.25) is 0 Å². The molecule has 3 aromatic heterocycles. The molecular formula is C56H37N3. The maximum atomic E-state index is 5.16. The molecule has 0 radical (unpaired) electrons. The van der Waals surface area contributed by atoms with Gasteiger partial charge >= 0.3 is 0 Å². The molecule has 0 unspecified atom stereocenters. The third-order valence-corrected chi connectivity index (χ3v) is 13.3. The monoisotopic (exact) mass is 751 g/mol. The zero-order valence-corrected chi connectivity index (χ0v) is 32.7. The summed E-state index contributed by atoms with van der Waals surface area (Å²) in [6.45, 7) is 4.82. The number of hydrogen-bond donors (Lipinski definition) is 0. The second kappa shape index (κ2) is 11.8. The van der Waals surface area contributed by atoms with Crippen LogP contribution in [0.2, 0.25) is 0 Å². The van der Waals surface area contributed by atoms with Gasteiger partial charge < -0.3 is 9.13 Å². The van der Waals surface area contributed by atoms with E-state index in [1.807, 2.05) is 0 Å². The molecule has 0 bridgehead atoms. The summed E-state index contributed by atoms with van der Waals surface area (Å²) in [5.41, 5.74) is 14.3. The van der Waals surface area contributed by atoms with Gasteiger partial charge in [-0.3, -0.25) is 4.98 Å². The van der Waals surface area contributed by atoms with Crippen molar-refractivity contribution in [3.05, 3.63) is 199 Å². The minimum Gasteiger partial charge on any atom is -0.309 e. The maximum absolute atomic E-state index is 5.16. The molecule has 59 heavy (non-hydrogen) atoms. The first kappa shape index (κ1) is 32.6. The summed E-state index contributed by atoms with van der Waals surface area (Å²) in [5, 5.41) is 12.8. The van der Waals surface area contributed by atoms with Gasteiger partial charge in [0.05, 0.1) is 34.0 Å². The van der Waals surface area contributed by atoms with Crippen molar-refractivity contribution < 1.29 is 0 Å². The number of nitrogens with zero attached hydrogens (tertiary/aromatic N) is 3. The van der Waals surface area contributed by atoms with Gasteiger partial charge in [-0.2, -0.15) is 0 Å². The molecule has 3 nitrogen and oxygen atoms in total. The van der Waals surface area contributed by atoms with Gasteiger partial charge in [-0.05, 0) is 127 Å². The molecule has 3 heterocycles. The summed E-state index contributed by atoms with van der Waals surface area (Å²) in [6, 6.07) is 67.1. The minimum atomic E-state index is -0.196. The van der Waals surface area contributed by atoms with Gasteiger partial charge in [-0.15, -0.1) is 0 Å². The van der Waals surface area contributed by atoms with Crippen LogP contribution in [0.25, 0.3) is 110 Å². The van der Waals surface area contributed by atoms with Crippen molar-refractivity contribution in [2.75, 3.05) is 0 Å². The van der Waals surface area contributed by atoms with Gasteiger partial charge in [0.1, 0.15) is 0 Å². The number of pyridine rings is 1. The Hall–Kier alpha value is -7.49. The standard InChI is InChI=1S/C56H37N3/c1-56(2)49-29-43-40-22-12-10-20-38(40)37-19-9-11-21-39(37)42(43)28-44(49)45-32-54-47(30-50(45)56)46-27-34(25-26-53(46)58(54)35-15-5-3-6-16-35)51-31-48-41-23-13-14-24-52(41)59(55(48)33-57-51)36-17-7-4-8-18-36/h3-33H,1-2H3. The predicted octanol–water partition coefficient (Wildman–Crippen LogP) is 14.7. The number of hydrogen-bond acceptors (Lipinski definition) is 1. The highest BCUT2D eigenvalue weighted by molar-refractivity contribution is 6.26. The Kier molecular flexibility index (Phi) is 6.51. The molecule has 1 aliphatic rings. The van der Waals surface area contributed by atoms with E-state index in [1.165, 1.54) is 92.7 Å². The highest BCUT2D eigenvalue weighted by atomic mass is 15.0. The summed E-state index contributed by atoms with van der Waals surface area (Å²) < 4.78 is 4.78. The van der Waals surface area contributed by atoms with Crippen molar-refractivity contribution in [3.8, 4) is 33.8 Å². The molecule has 0 spiro atoms. The van der Waals surface area contributed by atoms with Crippen LogP contribution in [0.1, 0.15) is 25.0 Å². The van der Waals surface area contributed by atoms with E-state index in [0.29, 0.717) is 0 Å². The van der Waals surface area contributed by atoms with Crippen LogP contribution >= 0.6 is 0 Å². The quantitative estimate of drug-likeness (QED) is 0.165. The van der Waals surface area contributed by atoms with Gasteiger partial charge in [0, 0.05) is 43.9 Å². The Morgan fingerprint density at radius 2 is 0.831 bits per heavy atom. The number of benzene rings is 9. The molecule has 0 aliphatic heterocycles. The SMILES string of the molecule is CC1(C)c2cc3c4ccccc4c4ccccc4c3cc2-c2cc3c(cc21)c1cc(-c2cc4c5ccccc5n(-c5ccccc5)c4cn2)ccc1n3-c1ccccc1. The molecule has 0 fully saturated rings. The van der Waals surface area contributed by atoms with Crippen LogP contribution < -0.4 is 0 Å². The average Bonchev–Trinajstić information content (AvgIpc) is 3.87. The smallest absolute Gasteiger partial charge is 0.0724 e.